The van der Waals surface area contributed by atoms with Crippen LogP contribution in [0.4, 0.5) is 0 Å². The Kier molecular flexibility index (Phi) is 4.54. The number of nitrogens with zero attached hydrogens (tertiary/aromatic N) is 1. The fourth-order valence-corrected chi connectivity index (χ4v) is 2.42. The van der Waals surface area contributed by atoms with E-state index < -0.39 is 0 Å². The minimum absolute atomic E-state index is 0.116. The molecule has 1 aliphatic heterocycles. The van der Waals surface area contributed by atoms with Crippen molar-refractivity contribution in [3.63, 3.8) is 0 Å². The van der Waals surface area contributed by atoms with Crippen molar-refractivity contribution < 1.29 is 0 Å². The highest BCUT2D eigenvalue weighted by molar-refractivity contribution is 9.10. The largest absolute Gasteiger partial charge is 0.317 e. The maximum absolute atomic E-state index is 11.7. The smallest absolute Gasteiger partial charge is 0.255 e. The van der Waals surface area contributed by atoms with Crippen LogP contribution in [0, 0.1) is 0 Å². The average Bonchev–Trinajstić information content (AvgIpc) is 2.29. The third kappa shape index (κ3) is 2.49. The predicted octanol–water partition coefficient (Wildman–Crippen LogP) is 1.82. The molecule has 0 aliphatic carbocycles. The van der Waals surface area contributed by atoms with Crippen LogP contribution in [0.5, 0.6) is 0 Å². The first kappa shape index (κ1) is 12.5. The molecule has 0 aromatic carbocycles. The van der Waals surface area contributed by atoms with Crippen molar-refractivity contribution in [3.8, 4) is 0 Å². The summed E-state index contributed by atoms with van der Waals surface area (Å²) >= 11 is 3.48. The van der Waals surface area contributed by atoms with Crippen LogP contribution >= 0.6 is 15.9 Å². The first-order valence-corrected chi connectivity index (χ1v) is 6.07. The number of pyridine rings is 1. The van der Waals surface area contributed by atoms with Gasteiger partial charge >= 0.3 is 0 Å². The normalized spacial score (nSPS) is 13.9. The fraction of sp³-hybridized carbons (Fsp3) is 0.545. The van der Waals surface area contributed by atoms with Crippen molar-refractivity contribution in [1.29, 1.82) is 0 Å². The van der Waals surface area contributed by atoms with E-state index in [0.717, 1.165) is 23.0 Å². The molecule has 0 spiro atoms. The summed E-state index contributed by atoms with van der Waals surface area (Å²) in [6.07, 6.45) is 2.78. The Morgan fingerprint density at radius 1 is 1.40 bits per heavy atom. The van der Waals surface area contributed by atoms with Gasteiger partial charge in [-0.05, 0) is 34.5 Å². The molecule has 0 atom stereocenters. The summed E-state index contributed by atoms with van der Waals surface area (Å²) in [4.78, 5) is 11.7. The Balaban J connectivity index is 0.000000531. The number of hydrogen-bond acceptors (Lipinski definition) is 2. The number of halogens is 1. The molecular formula is C11H17BrN2O. The van der Waals surface area contributed by atoms with E-state index in [1.165, 1.54) is 5.56 Å². The van der Waals surface area contributed by atoms with Crippen molar-refractivity contribution in [2.75, 3.05) is 6.54 Å². The molecule has 1 aromatic rings. The van der Waals surface area contributed by atoms with Gasteiger partial charge < -0.3 is 9.88 Å². The van der Waals surface area contributed by atoms with Gasteiger partial charge in [0.1, 0.15) is 0 Å². The second kappa shape index (κ2) is 5.47. The summed E-state index contributed by atoms with van der Waals surface area (Å²) in [5.41, 5.74) is 2.19. The second-order valence-corrected chi connectivity index (χ2v) is 4.13. The zero-order valence-corrected chi connectivity index (χ0v) is 11.0. The van der Waals surface area contributed by atoms with E-state index in [0.29, 0.717) is 6.54 Å². The molecule has 4 heteroatoms. The standard InChI is InChI=1S/C9H11BrN2O.C2H6/c1-12-5-8(10)6-2-3-11-4-7(6)9(12)13;1-2/h5,11H,2-4H2,1H3;1-2H3. The molecule has 1 aromatic heterocycles. The SMILES string of the molecule is CC.Cn1cc(Br)c2c(c1=O)CNCC2. The minimum Gasteiger partial charge on any atom is -0.317 e. The van der Waals surface area contributed by atoms with Gasteiger partial charge in [0.2, 0.25) is 0 Å². The van der Waals surface area contributed by atoms with Gasteiger partial charge in [0.05, 0.1) is 0 Å². The molecule has 2 heterocycles. The zero-order valence-electron chi connectivity index (χ0n) is 9.43. The first-order valence-electron chi connectivity index (χ1n) is 5.28. The Morgan fingerprint density at radius 3 is 2.73 bits per heavy atom. The van der Waals surface area contributed by atoms with Gasteiger partial charge in [-0.1, -0.05) is 13.8 Å². The van der Waals surface area contributed by atoms with Gasteiger partial charge in [-0.15, -0.1) is 0 Å². The van der Waals surface area contributed by atoms with Crippen LogP contribution in [0.15, 0.2) is 15.5 Å². The van der Waals surface area contributed by atoms with E-state index in [-0.39, 0.29) is 5.56 Å². The topological polar surface area (TPSA) is 34.0 Å². The molecule has 1 aliphatic rings. The lowest BCUT2D eigenvalue weighted by Gasteiger charge is -2.18. The van der Waals surface area contributed by atoms with Crippen LogP contribution in [0.25, 0.3) is 0 Å². The molecule has 84 valence electrons. The fourth-order valence-electron chi connectivity index (χ4n) is 1.67. The van der Waals surface area contributed by atoms with Crippen LogP contribution < -0.4 is 10.9 Å². The monoisotopic (exact) mass is 272 g/mol. The van der Waals surface area contributed by atoms with Crippen LogP contribution in [-0.2, 0) is 20.0 Å². The van der Waals surface area contributed by atoms with Gasteiger partial charge in [0, 0.05) is 29.8 Å². The lowest BCUT2D eigenvalue weighted by Crippen LogP contribution is -2.33. The highest BCUT2D eigenvalue weighted by atomic mass is 79.9. The summed E-state index contributed by atoms with van der Waals surface area (Å²) in [6, 6.07) is 0. The van der Waals surface area contributed by atoms with Crippen LogP contribution in [0.2, 0.25) is 0 Å². The van der Waals surface area contributed by atoms with Gasteiger partial charge in [-0.25, -0.2) is 0 Å². The number of aryl methyl sites for hydroxylation is 1. The van der Waals surface area contributed by atoms with E-state index >= 15 is 0 Å². The van der Waals surface area contributed by atoms with E-state index in [1.807, 2.05) is 20.0 Å². The number of fused-ring (bicyclic) bond motifs is 1. The van der Waals surface area contributed by atoms with Crippen LogP contribution in [0.1, 0.15) is 25.0 Å². The quantitative estimate of drug-likeness (QED) is 0.782. The van der Waals surface area contributed by atoms with Crippen LogP contribution in [0.3, 0.4) is 0 Å². The maximum atomic E-state index is 11.7. The molecule has 0 amide bonds. The molecule has 0 unspecified atom stereocenters. The molecule has 3 nitrogen and oxygen atoms in total. The average molecular weight is 273 g/mol. The Hall–Kier alpha value is -0.610. The van der Waals surface area contributed by atoms with E-state index in [4.69, 9.17) is 0 Å². The lowest BCUT2D eigenvalue weighted by molar-refractivity contribution is 0.623. The third-order valence-corrected chi connectivity index (χ3v) is 3.07. The molecule has 0 saturated heterocycles. The number of rotatable bonds is 0. The Bertz CT molecular complexity index is 398. The highest BCUT2D eigenvalue weighted by Gasteiger charge is 2.15. The number of aromatic nitrogens is 1. The minimum atomic E-state index is 0.116. The van der Waals surface area contributed by atoms with Crippen molar-refractivity contribution in [2.45, 2.75) is 26.8 Å². The van der Waals surface area contributed by atoms with E-state index in [1.54, 1.807) is 11.6 Å². The first-order chi connectivity index (χ1) is 7.20. The zero-order chi connectivity index (χ0) is 11.4. The summed E-state index contributed by atoms with van der Waals surface area (Å²) in [6.45, 7) is 5.65. The van der Waals surface area contributed by atoms with Gasteiger partial charge in [-0.2, -0.15) is 0 Å². The molecular weight excluding hydrogens is 256 g/mol. The molecule has 15 heavy (non-hydrogen) atoms. The van der Waals surface area contributed by atoms with Crippen molar-refractivity contribution in [3.05, 3.63) is 32.2 Å². The Labute approximate surface area is 98.6 Å². The summed E-state index contributed by atoms with van der Waals surface area (Å²) < 4.78 is 2.67. The predicted molar refractivity (Wildman–Crippen MR) is 66.1 cm³/mol. The van der Waals surface area contributed by atoms with E-state index in [9.17, 15) is 4.79 Å². The van der Waals surface area contributed by atoms with Gasteiger partial charge in [0.15, 0.2) is 0 Å². The molecule has 0 radical (unpaired) electrons. The Morgan fingerprint density at radius 2 is 2.07 bits per heavy atom. The molecule has 1 N–H and O–H groups in total. The summed E-state index contributed by atoms with van der Waals surface area (Å²) in [5, 5.41) is 3.20. The number of nitrogens with one attached hydrogen (secondary N) is 1. The molecule has 2 rings (SSSR count). The lowest BCUT2D eigenvalue weighted by atomic mass is 10.0. The second-order valence-electron chi connectivity index (χ2n) is 3.28. The van der Waals surface area contributed by atoms with Crippen molar-refractivity contribution in [1.82, 2.24) is 9.88 Å². The summed E-state index contributed by atoms with van der Waals surface area (Å²) in [5.74, 6) is 0. The van der Waals surface area contributed by atoms with Crippen molar-refractivity contribution >= 4 is 15.9 Å². The summed E-state index contributed by atoms with van der Waals surface area (Å²) in [7, 11) is 1.78. The maximum Gasteiger partial charge on any atom is 0.255 e. The van der Waals surface area contributed by atoms with Crippen LogP contribution in [-0.4, -0.2) is 11.1 Å². The van der Waals surface area contributed by atoms with Gasteiger partial charge in [-0.3, -0.25) is 4.79 Å². The van der Waals surface area contributed by atoms with Crippen molar-refractivity contribution in [2.24, 2.45) is 7.05 Å². The number of hydrogen-bond donors (Lipinski definition) is 1. The molecule has 0 saturated carbocycles. The molecule has 0 fully saturated rings. The van der Waals surface area contributed by atoms with Gasteiger partial charge in [0.25, 0.3) is 5.56 Å². The highest BCUT2D eigenvalue weighted by Crippen LogP contribution is 2.20. The van der Waals surface area contributed by atoms with E-state index in [2.05, 4.69) is 21.2 Å². The third-order valence-electron chi connectivity index (χ3n) is 2.39. The molecule has 0 bridgehead atoms.